The lowest BCUT2D eigenvalue weighted by Gasteiger charge is -2.39. The first-order valence-electron chi connectivity index (χ1n) is 10.9. The van der Waals surface area contributed by atoms with Gasteiger partial charge in [0.2, 0.25) is 0 Å². The van der Waals surface area contributed by atoms with Crippen LogP contribution in [0, 0.1) is 6.92 Å². The number of likely N-dealkylation sites (tertiary alicyclic amines) is 1. The van der Waals surface area contributed by atoms with E-state index in [0.717, 1.165) is 25.2 Å². The maximum atomic E-state index is 3.74. The second kappa shape index (κ2) is 8.06. The lowest BCUT2D eigenvalue weighted by Crippen LogP contribution is -2.45. The molecule has 2 aromatic carbocycles. The predicted octanol–water partition coefficient (Wildman–Crippen LogP) is 5.83. The summed E-state index contributed by atoms with van der Waals surface area (Å²) in [5.74, 6) is 0. The molecule has 1 fully saturated rings. The van der Waals surface area contributed by atoms with Crippen LogP contribution in [0.15, 0.2) is 36.4 Å². The van der Waals surface area contributed by atoms with Crippen LogP contribution in [0.5, 0.6) is 0 Å². The van der Waals surface area contributed by atoms with Crippen molar-refractivity contribution in [2.45, 2.75) is 71.4 Å². The van der Waals surface area contributed by atoms with E-state index in [9.17, 15) is 0 Å². The van der Waals surface area contributed by atoms with E-state index in [4.69, 9.17) is 0 Å². The van der Waals surface area contributed by atoms with Crippen LogP contribution >= 0.6 is 0 Å². The molecule has 144 valence electrons. The Morgan fingerprint density at radius 3 is 2.48 bits per heavy atom. The minimum atomic E-state index is 0.717. The smallest absolute Gasteiger partial charge is 0.0376 e. The molecule has 2 aliphatic rings. The van der Waals surface area contributed by atoms with E-state index in [1.165, 1.54) is 60.9 Å². The van der Waals surface area contributed by atoms with Gasteiger partial charge in [0.15, 0.2) is 0 Å². The van der Waals surface area contributed by atoms with Gasteiger partial charge in [0.05, 0.1) is 0 Å². The Morgan fingerprint density at radius 1 is 0.926 bits per heavy atom. The number of fused-ring (bicyclic) bond motifs is 1. The molecule has 27 heavy (non-hydrogen) atoms. The molecule has 1 aliphatic heterocycles. The van der Waals surface area contributed by atoms with Crippen molar-refractivity contribution < 1.29 is 0 Å². The Balaban J connectivity index is 1.49. The van der Waals surface area contributed by atoms with Crippen LogP contribution < -0.4 is 5.32 Å². The molecule has 4 rings (SSSR count). The third-order valence-corrected chi connectivity index (χ3v) is 6.83. The summed E-state index contributed by atoms with van der Waals surface area (Å²) in [6.07, 6.45) is 7.85. The fourth-order valence-corrected chi connectivity index (χ4v) is 5.23. The van der Waals surface area contributed by atoms with Crippen LogP contribution in [0.25, 0.3) is 11.1 Å². The van der Waals surface area contributed by atoms with E-state index < -0.39 is 0 Å². The van der Waals surface area contributed by atoms with Gasteiger partial charge in [0.25, 0.3) is 0 Å². The molecule has 2 heteroatoms. The Labute approximate surface area is 165 Å². The lowest BCUT2D eigenvalue weighted by atomic mass is 9.93. The van der Waals surface area contributed by atoms with Crippen molar-refractivity contribution in [2.75, 3.05) is 18.4 Å². The van der Waals surface area contributed by atoms with Crippen LogP contribution in [0.1, 0.15) is 56.2 Å². The van der Waals surface area contributed by atoms with Gasteiger partial charge in [-0.15, -0.1) is 0 Å². The third-order valence-electron chi connectivity index (χ3n) is 6.83. The number of hydrogen-bond acceptors (Lipinski definition) is 2. The second-order valence-electron chi connectivity index (χ2n) is 8.57. The molecule has 0 amide bonds. The average molecular weight is 363 g/mol. The van der Waals surface area contributed by atoms with Gasteiger partial charge in [-0.05, 0) is 86.8 Å². The van der Waals surface area contributed by atoms with Crippen molar-refractivity contribution in [1.29, 1.82) is 0 Å². The molecule has 2 atom stereocenters. The molecule has 1 N–H and O–H groups in total. The van der Waals surface area contributed by atoms with Crippen molar-refractivity contribution in [3.8, 4) is 11.1 Å². The fourth-order valence-electron chi connectivity index (χ4n) is 5.23. The zero-order valence-corrected chi connectivity index (χ0v) is 17.2. The van der Waals surface area contributed by atoms with Crippen LogP contribution in [0.4, 0.5) is 5.69 Å². The lowest BCUT2D eigenvalue weighted by molar-refractivity contribution is 0.109. The first-order chi connectivity index (χ1) is 13.1. The molecule has 0 bridgehead atoms. The van der Waals surface area contributed by atoms with Crippen molar-refractivity contribution in [3.63, 3.8) is 0 Å². The zero-order chi connectivity index (χ0) is 18.8. The summed E-state index contributed by atoms with van der Waals surface area (Å²) in [7, 11) is 0. The summed E-state index contributed by atoms with van der Waals surface area (Å²) in [6, 6.07) is 15.0. The van der Waals surface area contributed by atoms with E-state index in [2.05, 4.69) is 67.4 Å². The number of nitrogens with one attached hydrogen (secondary N) is 1. The molecular weight excluding hydrogens is 328 g/mol. The van der Waals surface area contributed by atoms with Gasteiger partial charge in [0, 0.05) is 30.9 Å². The normalized spacial score (nSPS) is 22.6. The maximum Gasteiger partial charge on any atom is 0.0376 e. The SMILES string of the molecule is Cc1c(NCCN2C(C)CCCC2C)cccc1-c1cccc2c1CCC2. The largest absolute Gasteiger partial charge is 0.384 e. The highest BCUT2D eigenvalue weighted by Gasteiger charge is 2.24. The molecule has 2 nitrogen and oxygen atoms in total. The van der Waals surface area contributed by atoms with Crippen LogP contribution in [-0.2, 0) is 12.8 Å². The Kier molecular flexibility index (Phi) is 5.54. The minimum Gasteiger partial charge on any atom is -0.384 e. The summed E-state index contributed by atoms with van der Waals surface area (Å²) in [4.78, 5) is 2.68. The van der Waals surface area contributed by atoms with Crippen LogP contribution in [0.3, 0.4) is 0 Å². The molecule has 2 unspecified atom stereocenters. The Hall–Kier alpha value is -1.80. The maximum absolute atomic E-state index is 3.74. The average Bonchev–Trinajstić information content (AvgIpc) is 3.14. The molecule has 0 saturated carbocycles. The van der Waals surface area contributed by atoms with Gasteiger partial charge in [-0.3, -0.25) is 4.90 Å². The molecule has 1 saturated heterocycles. The van der Waals surface area contributed by atoms with Crippen LogP contribution in [0.2, 0.25) is 0 Å². The van der Waals surface area contributed by atoms with Gasteiger partial charge in [-0.25, -0.2) is 0 Å². The summed E-state index contributed by atoms with van der Waals surface area (Å²) >= 11 is 0. The van der Waals surface area contributed by atoms with E-state index in [1.54, 1.807) is 11.1 Å². The fraction of sp³-hybridized carbons (Fsp3) is 0.520. The number of nitrogens with zero attached hydrogens (tertiary/aromatic N) is 1. The molecule has 1 aliphatic carbocycles. The number of rotatable bonds is 5. The molecule has 0 radical (unpaired) electrons. The highest BCUT2D eigenvalue weighted by Crippen LogP contribution is 2.36. The quantitative estimate of drug-likeness (QED) is 0.720. The Bertz CT molecular complexity index is 785. The summed E-state index contributed by atoms with van der Waals surface area (Å²) in [6.45, 7) is 9.20. The molecule has 0 spiro atoms. The molecular formula is C25H34N2. The highest BCUT2D eigenvalue weighted by molar-refractivity contribution is 5.77. The number of hydrogen-bond donors (Lipinski definition) is 1. The minimum absolute atomic E-state index is 0.717. The summed E-state index contributed by atoms with van der Waals surface area (Å²) in [5.41, 5.74) is 8.66. The van der Waals surface area contributed by atoms with Crippen molar-refractivity contribution in [2.24, 2.45) is 0 Å². The monoisotopic (exact) mass is 362 g/mol. The van der Waals surface area contributed by atoms with E-state index in [0.29, 0.717) is 0 Å². The molecule has 2 aromatic rings. The topological polar surface area (TPSA) is 15.3 Å². The van der Waals surface area contributed by atoms with Crippen molar-refractivity contribution >= 4 is 5.69 Å². The standard InChI is InChI=1S/C25H34N2/c1-18-8-4-9-19(2)27(18)17-16-26-25-15-7-12-22(20(25)3)24-14-6-11-21-10-5-13-23(21)24/h6-7,11-12,14-15,18-19,26H,4-5,8-10,13,16-17H2,1-3H3. The Morgan fingerprint density at radius 2 is 1.67 bits per heavy atom. The first kappa shape index (κ1) is 18.6. The second-order valence-corrected chi connectivity index (χ2v) is 8.57. The third kappa shape index (κ3) is 3.78. The van der Waals surface area contributed by atoms with Crippen molar-refractivity contribution in [1.82, 2.24) is 4.90 Å². The molecule has 0 aromatic heterocycles. The first-order valence-corrected chi connectivity index (χ1v) is 10.9. The van der Waals surface area contributed by atoms with E-state index >= 15 is 0 Å². The number of anilines is 1. The van der Waals surface area contributed by atoms with Crippen LogP contribution in [-0.4, -0.2) is 30.1 Å². The number of benzene rings is 2. The zero-order valence-electron chi connectivity index (χ0n) is 17.2. The van der Waals surface area contributed by atoms with Gasteiger partial charge in [-0.1, -0.05) is 36.8 Å². The summed E-state index contributed by atoms with van der Waals surface area (Å²) in [5, 5.41) is 3.74. The van der Waals surface area contributed by atoms with E-state index in [-0.39, 0.29) is 0 Å². The highest BCUT2D eigenvalue weighted by atomic mass is 15.2. The van der Waals surface area contributed by atoms with Gasteiger partial charge in [-0.2, -0.15) is 0 Å². The van der Waals surface area contributed by atoms with Gasteiger partial charge < -0.3 is 5.32 Å². The predicted molar refractivity (Wildman–Crippen MR) is 117 cm³/mol. The van der Waals surface area contributed by atoms with Gasteiger partial charge in [0.1, 0.15) is 0 Å². The van der Waals surface area contributed by atoms with Crippen molar-refractivity contribution in [3.05, 3.63) is 53.1 Å². The molecule has 1 heterocycles. The number of piperidine rings is 1. The number of aryl methyl sites for hydroxylation is 1. The van der Waals surface area contributed by atoms with E-state index in [1.807, 2.05) is 0 Å². The van der Waals surface area contributed by atoms with Gasteiger partial charge >= 0.3 is 0 Å². The summed E-state index contributed by atoms with van der Waals surface area (Å²) < 4.78 is 0.